The molecule has 1 unspecified atom stereocenters. The Balaban J connectivity index is 1.96. The van der Waals surface area contributed by atoms with E-state index >= 15 is 0 Å². The second-order valence-electron chi connectivity index (χ2n) is 6.32. The van der Waals surface area contributed by atoms with Gasteiger partial charge in [0.05, 0.1) is 5.57 Å². The van der Waals surface area contributed by atoms with E-state index in [-0.39, 0.29) is 6.17 Å². The van der Waals surface area contributed by atoms with Crippen molar-refractivity contribution < 1.29 is 0 Å². The molecule has 0 radical (unpaired) electrons. The molecule has 0 aliphatic carbocycles. The molecule has 1 atom stereocenters. The molecule has 1 aliphatic rings. The van der Waals surface area contributed by atoms with Crippen LogP contribution in [0.2, 0.25) is 0 Å². The van der Waals surface area contributed by atoms with Crippen molar-refractivity contribution in [1.82, 2.24) is 4.90 Å². The van der Waals surface area contributed by atoms with Crippen LogP contribution in [-0.4, -0.2) is 29.8 Å². The Morgan fingerprint density at radius 2 is 1.67 bits per heavy atom. The zero-order chi connectivity index (χ0) is 19.2. The molecule has 1 aliphatic heterocycles. The predicted octanol–water partition coefficient (Wildman–Crippen LogP) is 4.93. The molecule has 0 saturated carbocycles. The quantitative estimate of drug-likeness (QED) is 0.566. The number of hydrogen-bond acceptors (Lipinski definition) is 3. The van der Waals surface area contributed by atoms with E-state index in [0.717, 1.165) is 17.0 Å². The number of allylic oxidation sites excluding steroid dienone is 3. The second kappa shape index (κ2) is 8.33. The molecule has 3 heteroatoms. The number of rotatable bonds is 4. The van der Waals surface area contributed by atoms with Crippen molar-refractivity contribution >= 4 is 11.7 Å². The Morgan fingerprint density at radius 1 is 1.04 bits per heavy atom. The average Bonchev–Trinajstić information content (AvgIpc) is 2.72. The van der Waals surface area contributed by atoms with Gasteiger partial charge in [0, 0.05) is 12.6 Å². The molecule has 2 aromatic rings. The van der Waals surface area contributed by atoms with Gasteiger partial charge in [0.1, 0.15) is 12.0 Å². The van der Waals surface area contributed by atoms with Crippen LogP contribution in [0.3, 0.4) is 0 Å². The molecular weight excluding hydrogens is 330 g/mol. The van der Waals surface area contributed by atoms with E-state index in [2.05, 4.69) is 42.3 Å². The first-order valence-corrected chi connectivity index (χ1v) is 8.99. The van der Waals surface area contributed by atoms with Crippen LogP contribution in [-0.2, 0) is 0 Å². The second-order valence-corrected chi connectivity index (χ2v) is 6.32. The fraction of sp³-hybridized carbons (Fsp3) is 0.167. The number of aliphatic imine (C=N–C) groups is 2. The molecular formula is C24H23N3. The summed E-state index contributed by atoms with van der Waals surface area (Å²) in [5, 5.41) is 0. The van der Waals surface area contributed by atoms with Gasteiger partial charge in [-0.3, -0.25) is 0 Å². The Morgan fingerprint density at radius 3 is 2.30 bits per heavy atom. The first-order chi connectivity index (χ1) is 13.1. The maximum absolute atomic E-state index is 5.72. The van der Waals surface area contributed by atoms with Crippen LogP contribution in [0, 0.1) is 12.3 Å². The fourth-order valence-corrected chi connectivity index (χ4v) is 2.86. The van der Waals surface area contributed by atoms with E-state index in [9.17, 15) is 0 Å². The van der Waals surface area contributed by atoms with Gasteiger partial charge in [-0.15, -0.1) is 6.42 Å². The van der Waals surface area contributed by atoms with Crippen molar-refractivity contribution in [3.8, 4) is 23.5 Å². The van der Waals surface area contributed by atoms with Gasteiger partial charge in [-0.2, -0.15) is 0 Å². The molecule has 2 aromatic carbocycles. The summed E-state index contributed by atoms with van der Waals surface area (Å²) in [6.45, 7) is 4.00. The highest BCUT2D eigenvalue weighted by Gasteiger charge is 2.22. The minimum absolute atomic E-state index is 0.0383. The maximum Gasteiger partial charge on any atom is 0.159 e. The van der Waals surface area contributed by atoms with E-state index in [1.54, 1.807) is 0 Å². The van der Waals surface area contributed by atoms with Gasteiger partial charge in [0.25, 0.3) is 0 Å². The molecule has 3 rings (SSSR count). The molecule has 27 heavy (non-hydrogen) atoms. The minimum Gasteiger partial charge on any atom is -0.337 e. The summed E-state index contributed by atoms with van der Waals surface area (Å²) in [5.41, 5.74) is 4.09. The molecule has 0 amide bonds. The summed E-state index contributed by atoms with van der Waals surface area (Å²) in [5.74, 6) is 4.21. The normalized spacial score (nSPS) is 17.5. The maximum atomic E-state index is 5.72. The van der Waals surface area contributed by atoms with E-state index in [4.69, 9.17) is 16.4 Å². The largest absolute Gasteiger partial charge is 0.337 e. The first kappa shape index (κ1) is 18.4. The van der Waals surface area contributed by atoms with Crippen molar-refractivity contribution in [2.75, 3.05) is 7.05 Å². The summed E-state index contributed by atoms with van der Waals surface area (Å²) in [7, 11) is 1.96. The molecule has 0 N–H and O–H groups in total. The fourth-order valence-electron chi connectivity index (χ4n) is 2.86. The molecule has 3 nitrogen and oxygen atoms in total. The molecule has 1 heterocycles. The van der Waals surface area contributed by atoms with E-state index in [0.29, 0.717) is 5.84 Å². The number of hydrogen-bond donors (Lipinski definition) is 0. The Bertz CT molecular complexity index is 955. The third-order valence-electron chi connectivity index (χ3n) is 4.52. The van der Waals surface area contributed by atoms with Gasteiger partial charge in [-0.05, 0) is 31.1 Å². The van der Waals surface area contributed by atoms with Crippen molar-refractivity contribution in [2.24, 2.45) is 9.98 Å². The smallest absolute Gasteiger partial charge is 0.159 e. The van der Waals surface area contributed by atoms with Crippen molar-refractivity contribution in [2.45, 2.75) is 20.0 Å². The van der Waals surface area contributed by atoms with Gasteiger partial charge < -0.3 is 4.90 Å². The highest BCUT2D eigenvalue weighted by molar-refractivity contribution is 6.14. The molecule has 0 fully saturated rings. The molecule has 0 bridgehead atoms. The zero-order valence-corrected chi connectivity index (χ0v) is 15.9. The van der Waals surface area contributed by atoms with Crippen LogP contribution in [0.15, 0.2) is 88.4 Å². The zero-order valence-electron chi connectivity index (χ0n) is 15.9. The van der Waals surface area contributed by atoms with E-state index < -0.39 is 0 Å². The first-order valence-electron chi connectivity index (χ1n) is 8.99. The lowest BCUT2D eigenvalue weighted by Gasteiger charge is -2.29. The third-order valence-corrected chi connectivity index (χ3v) is 4.52. The van der Waals surface area contributed by atoms with Crippen molar-refractivity contribution in [3.63, 3.8) is 0 Å². The van der Waals surface area contributed by atoms with Crippen LogP contribution in [0.1, 0.15) is 19.4 Å². The van der Waals surface area contributed by atoms with Crippen molar-refractivity contribution in [3.05, 3.63) is 84.0 Å². The summed E-state index contributed by atoms with van der Waals surface area (Å²) >= 11 is 0. The van der Waals surface area contributed by atoms with Crippen LogP contribution in [0.4, 0.5) is 0 Å². The van der Waals surface area contributed by atoms with Crippen LogP contribution in [0.25, 0.3) is 11.1 Å². The SMILES string of the molecule is C#C/C(=C\C=C/C)C1=NC(c2ccc(-c3ccccc3)cc2)=NC(C)N1C. The van der Waals surface area contributed by atoms with E-state index in [1.165, 1.54) is 11.1 Å². The number of likely N-dealkylation sites (N-methyl/N-ethyl adjacent to an activating group) is 1. The number of amidine groups is 2. The molecule has 0 spiro atoms. The summed E-state index contributed by atoms with van der Waals surface area (Å²) in [6, 6.07) is 18.6. The average molecular weight is 353 g/mol. The number of nitrogens with zero attached hydrogens (tertiary/aromatic N) is 3. The van der Waals surface area contributed by atoms with E-state index in [1.807, 2.05) is 62.2 Å². The van der Waals surface area contributed by atoms with Crippen LogP contribution in [0.5, 0.6) is 0 Å². The topological polar surface area (TPSA) is 28.0 Å². The van der Waals surface area contributed by atoms with Gasteiger partial charge in [0.15, 0.2) is 5.84 Å². The lowest BCUT2D eigenvalue weighted by molar-refractivity contribution is 0.398. The number of benzene rings is 2. The summed E-state index contributed by atoms with van der Waals surface area (Å²) in [4.78, 5) is 11.5. The lowest BCUT2D eigenvalue weighted by Crippen LogP contribution is -2.39. The summed E-state index contributed by atoms with van der Waals surface area (Å²) in [6.07, 6.45) is 11.5. The van der Waals surface area contributed by atoms with Crippen LogP contribution >= 0.6 is 0 Å². The summed E-state index contributed by atoms with van der Waals surface area (Å²) < 4.78 is 0. The highest BCUT2D eigenvalue weighted by Crippen LogP contribution is 2.22. The van der Waals surface area contributed by atoms with Gasteiger partial charge in [-0.25, -0.2) is 9.98 Å². The Kier molecular flexibility index (Phi) is 5.68. The predicted molar refractivity (Wildman–Crippen MR) is 115 cm³/mol. The highest BCUT2D eigenvalue weighted by atomic mass is 15.3. The molecule has 0 saturated heterocycles. The van der Waals surface area contributed by atoms with Gasteiger partial charge in [-0.1, -0.05) is 72.7 Å². The lowest BCUT2D eigenvalue weighted by atomic mass is 10.0. The van der Waals surface area contributed by atoms with Crippen molar-refractivity contribution in [1.29, 1.82) is 0 Å². The van der Waals surface area contributed by atoms with Gasteiger partial charge in [0.2, 0.25) is 0 Å². The van der Waals surface area contributed by atoms with Crippen LogP contribution < -0.4 is 0 Å². The third kappa shape index (κ3) is 4.07. The minimum atomic E-state index is -0.0383. The molecule has 134 valence electrons. The Hall–Kier alpha value is -3.38. The molecule has 0 aromatic heterocycles. The monoisotopic (exact) mass is 353 g/mol. The standard InChI is InChI=1S/C24H23N3/c1-5-7-11-19(6-2)24-26-23(25-18(3)27(24)4)22-16-14-21(15-17-22)20-12-9-8-10-13-20/h2,5,7-18H,1,3-4H3/b7-5-,19-11+. The Labute approximate surface area is 161 Å². The number of terminal acetylenes is 1. The van der Waals surface area contributed by atoms with Gasteiger partial charge >= 0.3 is 0 Å².